The molecule has 0 atom stereocenters. The van der Waals surface area contributed by atoms with Crippen molar-refractivity contribution in [2.24, 2.45) is 0 Å². The van der Waals surface area contributed by atoms with Gasteiger partial charge in [-0.1, -0.05) is 15.9 Å². The first-order valence-electron chi connectivity index (χ1n) is 5.43. The minimum Gasteiger partial charge on any atom is -0.466 e. The van der Waals surface area contributed by atoms with Gasteiger partial charge in [-0.3, -0.25) is 9.59 Å². The van der Waals surface area contributed by atoms with E-state index in [-0.39, 0.29) is 24.8 Å². The van der Waals surface area contributed by atoms with E-state index in [2.05, 4.69) is 43.8 Å². The zero-order valence-electron chi connectivity index (χ0n) is 9.83. The van der Waals surface area contributed by atoms with E-state index >= 15 is 0 Å². The van der Waals surface area contributed by atoms with Crippen LogP contribution in [0.5, 0.6) is 0 Å². The molecule has 1 amide bonds. The smallest absolute Gasteiger partial charge is 0.307 e. The molecular formula is C12H13BrINO3. The Morgan fingerprint density at radius 3 is 2.83 bits per heavy atom. The van der Waals surface area contributed by atoms with Gasteiger partial charge in [0.05, 0.1) is 18.6 Å². The van der Waals surface area contributed by atoms with Gasteiger partial charge in [0.15, 0.2) is 0 Å². The number of rotatable bonds is 5. The third-order valence-electron chi connectivity index (χ3n) is 2.09. The van der Waals surface area contributed by atoms with Gasteiger partial charge in [-0.05, 0) is 47.7 Å². The molecule has 1 aromatic carbocycles. The Kier molecular flexibility index (Phi) is 6.62. The molecule has 0 heterocycles. The van der Waals surface area contributed by atoms with Crippen molar-refractivity contribution in [2.75, 3.05) is 13.2 Å². The van der Waals surface area contributed by atoms with Gasteiger partial charge in [0, 0.05) is 14.6 Å². The number of esters is 1. The van der Waals surface area contributed by atoms with Crippen LogP contribution in [0.15, 0.2) is 22.7 Å². The van der Waals surface area contributed by atoms with Crippen LogP contribution in [0.4, 0.5) is 0 Å². The van der Waals surface area contributed by atoms with Crippen molar-refractivity contribution >= 4 is 50.4 Å². The van der Waals surface area contributed by atoms with Crippen LogP contribution >= 0.6 is 38.5 Å². The minimum atomic E-state index is -0.304. The van der Waals surface area contributed by atoms with Crippen molar-refractivity contribution in [2.45, 2.75) is 13.3 Å². The fourth-order valence-electron chi connectivity index (χ4n) is 1.28. The zero-order valence-corrected chi connectivity index (χ0v) is 13.6. The number of ether oxygens (including phenoxy) is 1. The van der Waals surface area contributed by atoms with Gasteiger partial charge >= 0.3 is 5.97 Å². The van der Waals surface area contributed by atoms with Crippen LogP contribution in [0.25, 0.3) is 0 Å². The van der Waals surface area contributed by atoms with Gasteiger partial charge < -0.3 is 10.1 Å². The highest BCUT2D eigenvalue weighted by molar-refractivity contribution is 14.1. The van der Waals surface area contributed by atoms with Crippen molar-refractivity contribution in [3.8, 4) is 0 Å². The Hall–Kier alpha value is -0.630. The Balaban J connectivity index is 2.50. The molecule has 4 nitrogen and oxygen atoms in total. The molecule has 0 aromatic heterocycles. The molecule has 0 saturated carbocycles. The molecule has 0 saturated heterocycles. The largest absolute Gasteiger partial charge is 0.466 e. The Morgan fingerprint density at radius 1 is 1.44 bits per heavy atom. The van der Waals surface area contributed by atoms with Gasteiger partial charge in [0.25, 0.3) is 5.91 Å². The summed E-state index contributed by atoms with van der Waals surface area (Å²) in [5.74, 6) is -0.494. The van der Waals surface area contributed by atoms with Crippen molar-refractivity contribution in [3.63, 3.8) is 0 Å². The fourth-order valence-corrected chi connectivity index (χ4v) is 2.22. The average molecular weight is 426 g/mol. The third-order valence-corrected chi connectivity index (χ3v) is 3.53. The fraction of sp³-hybridized carbons (Fsp3) is 0.333. The quantitative estimate of drug-likeness (QED) is 0.583. The summed E-state index contributed by atoms with van der Waals surface area (Å²) in [5.41, 5.74) is 0.592. The van der Waals surface area contributed by atoms with Crippen molar-refractivity contribution in [1.82, 2.24) is 5.32 Å². The highest BCUT2D eigenvalue weighted by atomic mass is 127. The second-order valence-electron chi connectivity index (χ2n) is 3.44. The van der Waals surface area contributed by atoms with E-state index in [1.165, 1.54) is 0 Å². The third kappa shape index (κ3) is 4.93. The van der Waals surface area contributed by atoms with Gasteiger partial charge in [0.1, 0.15) is 0 Å². The Bertz CT molecular complexity index is 451. The van der Waals surface area contributed by atoms with Crippen LogP contribution in [0, 0.1) is 3.57 Å². The van der Waals surface area contributed by atoms with E-state index in [1.807, 2.05) is 12.1 Å². The van der Waals surface area contributed by atoms with E-state index in [9.17, 15) is 9.59 Å². The van der Waals surface area contributed by atoms with E-state index in [0.29, 0.717) is 12.2 Å². The molecule has 0 aliphatic heterocycles. The molecule has 0 radical (unpaired) electrons. The SMILES string of the molecule is CCOC(=O)CCNC(=O)c1cc(Br)ccc1I. The molecule has 18 heavy (non-hydrogen) atoms. The molecule has 0 spiro atoms. The van der Waals surface area contributed by atoms with Crippen molar-refractivity contribution < 1.29 is 14.3 Å². The summed E-state index contributed by atoms with van der Waals surface area (Å²) in [5, 5.41) is 2.69. The molecule has 1 N–H and O–H groups in total. The lowest BCUT2D eigenvalue weighted by Crippen LogP contribution is -2.27. The van der Waals surface area contributed by atoms with E-state index in [0.717, 1.165) is 8.04 Å². The van der Waals surface area contributed by atoms with Gasteiger partial charge in [-0.15, -0.1) is 0 Å². The number of nitrogens with one attached hydrogen (secondary N) is 1. The predicted octanol–water partition coefficient (Wildman–Crippen LogP) is 2.74. The highest BCUT2D eigenvalue weighted by Gasteiger charge is 2.10. The number of amides is 1. The van der Waals surface area contributed by atoms with Crippen LogP contribution in [0.1, 0.15) is 23.7 Å². The average Bonchev–Trinajstić information content (AvgIpc) is 2.32. The monoisotopic (exact) mass is 425 g/mol. The first-order chi connectivity index (χ1) is 8.54. The molecule has 0 aliphatic rings. The van der Waals surface area contributed by atoms with Gasteiger partial charge in [-0.2, -0.15) is 0 Å². The number of halogens is 2. The lowest BCUT2D eigenvalue weighted by Gasteiger charge is -2.07. The Morgan fingerprint density at radius 2 is 2.17 bits per heavy atom. The van der Waals surface area contributed by atoms with E-state index < -0.39 is 0 Å². The summed E-state index contributed by atoms with van der Waals surface area (Å²) in [6.45, 7) is 2.39. The molecule has 0 unspecified atom stereocenters. The predicted molar refractivity (Wildman–Crippen MR) is 80.4 cm³/mol. The molecule has 0 fully saturated rings. The lowest BCUT2D eigenvalue weighted by molar-refractivity contribution is -0.142. The first kappa shape index (κ1) is 15.4. The first-order valence-corrected chi connectivity index (χ1v) is 7.30. The number of hydrogen-bond donors (Lipinski definition) is 1. The maximum atomic E-state index is 11.9. The van der Waals surface area contributed by atoms with Gasteiger partial charge in [0.2, 0.25) is 0 Å². The lowest BCUT2D eigenvalue weighted by atomic mass is 10.2. The second kappa shape index (κ2) is 7.73. The number of carbonyl (C=O) groups is 2. The maximum Gasteiger partial charge on any atom is 0.307 e. The van der Waals surface area contributed by atoms with Crippen molar-refractivity contribution in [3.05, 3.63) is 31.8 Å². The Labute approximate surface area is 128 Å². The molecule has 0 bridgehead atoms. The second-order valence-corrected chi connectivity index (χ2v) is 5.51. The number of carbonyl (C=O) groups excluding carboxylic acids is 2. The highest BCUT2D eigenvalue weighted by Crippen LogP contribution is 2.18. The molecule has 6 heteroatoms. The van der Waals surface area contributed by atoms with Crippen LogP contribution in [-0.2, 0) is 9.53 Å². The maximum absolute atomic E-state index is 11.9. The minimum absolute atomic E-state index is 0.185. The van der Waals surface area contributed by atoms with Gasteiger partial charge in [-0.25, -0.2) is 0 Å². The standard InChI is InChI=1S/C12H13BrINO3/c1-2-18-11(16)5-6-15-12(17)9-7-8(13)3-4-10(9)14/h3-4,7H,2,5-6H2,1H3,(H,15,17). The van der Waals surface area contributed by atoms with Crippen LogP contribution in [-0.4, -0.2) is 25.0 Å². The van der Waals surface area contributed by atoms with Crippen LogP contribution < -0.4 is 5.32 Å². The van der Waals surface area contributed by atoms with Crippen LogP contribution in [0.2, 0.25) is 0 Å². The number of benzene rings is 1. The summed E-state index contributed by atoms with van der Waals surface area (Å²) >= 11 is 5.42. The summed E-state index contributed by atoms with van der Waals surface area (Å²) < 4.78 is 6.48. The normalized spacial score (nSPS) is 9.94. The zero-order chi connectivity index (χ0) is 13.5. The van der Waals surface area contributed by atoms with E-state index in [1.54, 1.807) is 13.0 Å². The topological polar surface area (TPSA) is 55.4 Å². The number of hydrogen-bond acceptors (Lipinski definition) is 3. The summed E-state index contributed by atoms with van der Waals surface area (Å²) in [6, 6.07) is 5.48. The van der Waals surface area contributed by atoms with E-state index in [4.69, 9.17) is 4.74 Å². The van der Waals surface area contributed by atoms with Crippen molar-refractivity contribution in [1.29, 1.82) is 0 Å². The molecular weight excluding hydrogens is 413 g/mol. The molecule has 0 aliphatic carbocycles. The molecule has 1 aromatic rings. The summed E-state index contributed by atoms with van der Waals surface area (Å²) in [7, 11) is 0. The summed E-state index contributed by atoms with van der Waals surface area (Å²) in [4.78, 5) is 23.0. The molecule has 98 valence electrons. The van der Waals surface area contributed by atoms with Crippen LogP contribution in [0.3, 0.4) is 0 Å². The molecule has 1 rings (SSSR count). The summed E-state index contributed by atoms with van der Waals surface area (Å²) in [6.07, 6.45) is 0.185.